The van der Waals surface area contributed by atoms with Gasteiger partial charge < -0.3 is 10.1 Å². The van der Waals surface area contributed by atoms with Gasteiger partial charge >= 0.3 is 0 Å². The summed E-state index contributed by atoms with van der Waals surface area (Å²) in [6.45, 7) is 7.43. The molecule has 0 amide bonds. The molecule has 2 rings (SSSR count). The molecule has 2 unspecified atom stereocenters. The lowest BCUT2D eigenvalue weighted by Gasteiger charge is -2.29. The predicted octanol–water partition coefficient (Wildman–Crippen LogP) is 3.54. The Labute approximate surface area is 104 Å². The van der Waals surface area contributed by atoms with Gasteiger partial charge in [0.05, 0.1) is 6.10 Å². The maximum atomic E-state index is 5.57. The van der Waals surface area contributed by atoms with Crippen LogP contribution in [0.15, 0.2) is 18.2 Å². The summed E-state index contributed by atoms with van der Waals surface area (Å²) in [6, 6.07) is 7.26. The highest BCUT2D eigenvalue weighted by Gasteiger charge is 2.18. The Kier molecular flexibility index (Phi) is 4.06. The van der Waals surface area contributed by atoms with Crippen molar-refractivity contribution in [2.45, 2.75) is 52.2 Å². The molecule has 1 saturated heterocycles. The van der Waals surface area contributed by atoms with Crippen molar-refractivity contribution in [1.29, 1.82) is 0 Å². The number of aryl methyl sites for hydroxylation is 2. The lowest BCUT2D eigenvalue weighted by Crippen LogP contribution is -2.32. The topological polar surface area (TPSA) is 21.3 Å². The standard InChI is InChI=1S/C15H23NO/c1-4-13-5-6-14(9-11(13)2)16-15-7-8-17-12(3)10-15/h5-6,9,12,15-16H,4,7-8,10H2,1-3H3. The van der Waals surface area contributed by atoms with Gasteiger partial charge in [0.25, 0.3) is 0 Å². The normalized spacial score (nSPS) is 24.6. The van der Waals surface area contributed by atoms with Gasteiger partial charge in [-0.15, -0.1) is 0 Å². The molecule has 0 aliphatic carbocycles. The predicted molar refractivity (Wildman–Crippen MR) is 72.6 cm³/mol. The van der Waals surface area contributed by atoms with Crippen molar-refractivity contribution in [2.24, 2.45) is 0 Å². The molecular weight excluding hydrogens is 210 g/mol. The van der Waals surface area contributed by atoms with E-state index in [0.29, 0.717) is 12.1 Å². The Morgan fingerprint density at radius 2 is 2.24 bits per heavy atom. The van der Waals surface area contributed by atoms with Crippen molar-refractivity contribution >= 4 is 5.69 Å². The number of anilines is 1. The Hall–Kier alpha value is -1.02. The molecule has 0 aromatic heterocycles. The third kappa shape index (κ3) is 3.22. The average Bonchev–Trinajstić information content (AvgIpc) is 2.29. The van der Waals surface area contributed by atoms with E-state index in [1.165, 1.54) is 16.8 Å². The maximum Gasteiger partial charge on any atom is 0.0566 e. The Morgan fingerprint density at radius 3 is 2.88 bits per heavy atom. The van der Waals surface area contributed by atoms with Crippen LogP contribution in [0.5, 0.6) is 0 Å². The highest BCUT2D eigenvalue weighted by Crippen LogP contribution is 2.21. The zero-order chi connectivity index (χ0) is 12.3. The Morgan fingerprint density at radius 1 is 1.41 bits per heavy atom. The first-order valence-corrected chi connectivity index (χ1v) is 6.66. The second-order valence-electron chi connectivity index (χ2n) is 5.04. The first-order valence-electron chi connectivity index (χ1n) is 6.66. The number of hydrogen-bond acceptors (Lipinski definition) is 2. The van der Waals surface area contributed by atoms with E-state index in [-0.39, 0.29) is 0 Å². The molecule has 0 radical (unpaired) electrons. The van der Waals surface area contributed by atoms with E-state index in [9.17, 15) is 0 Å². The lowest BCUT2D eigenvalue weighted by molar-refractivity contribution is 0.0232. The van der Waals surface area contributed by atoms with Gasteiger partial charge in [0.15, 0.2) is 0 Å². The fraction of sp³-hybridized carbons (Fsp3) is 0.600. The number of benzene rings is 1. The molecule has 0 spiro atoms. The fourth-order valence-corrected chi connectivity index (χ4v) is 2.55. The van der Waals surface area contributed by atoms with Crippen molar-refractivity contribution in [3.8, 4) is 0 Å². The van der Waals surface area contributed by atoms with Crippen LogP contribution in [-0.4, -0.2) is 18.8 Å². The van der Waals surface area contributed by atoms with Crippen LogP contribution in [-0.2, 0) is 11.2 Å². The Balaban J connectivity index is 2.00. The third-order valence-corrected chi connectivity index (χ3v) is 3.58. The number of hydrogen-bond donors (Lipinski definition) is 1. The first-order chi connectivity index (χ1) is 8.19. The molecule has 2 heteroatoms. The van der Waals surface area contributed by atoms with Crippen molar-refractivity contribution in [3.05, 3.63) is 29.3 Å². The smallest absolute Gasteiger partial charge is 0.0566 e. The van der Waals surface area contributed by atoms with Gasteiger partial charge in [0.2, 0.25) is 0 Å². The van der Waals surface area contributed by atoms with E-state index in [2.05, 4.69) is 44.3 Å². The number of nitrogens with one attached hydrogen (secondary N) is 1. The number of rotatable bonds is 3. The fourth-order valence-electron chi connectivity index (χ4n) is 2.55. The average molecular weight is 233 g/mol. The molecular formula is C15H23NO. The van der Waals surface area contributed by atoms with E-state index in [0.717, 1.165) is 25.9 Å². The SMILES string of the molecule is CCc1ccc(NC2CCOC(C)C2)cc1C. The van der Waals surface area contributed by atoms with Crippen LogP contribution in [0.3, 0.4) is 0 Å². The molecule has 1 aliphatic heterocycles. The van der Waals surface area contributed by atoms with E-state index in [1.54, 1.807) is 0 Å². The maximum absolute atomic E-state index is 5.57. The summed E-state index contributed by atoms with van der Waals surface area (Å²) >= 11 is 0. The molecule has 1 aromatic carbocycles. The second kappa shape index (κ2) is 5.54. The molecule has 1 aromatic rings. The van der Waals surface area contributed by atoms with Gasteiger partial charge in [-0.2, -0.15) is 0 Å². The summed E-state index contributed by atoms with van der Waals surface area (Å²) in [5.74, 6) is 0. The summed E-state index contributed by atoms with van der Waals surface area (Å²) in [5, 5.41) is 3.62. The highest BCUT2D eigenvalue weighted by atomic mass is 16.5. The zero-order valence-corrected chi connectivity index (χ0v) is 11.1. The van der Waals surface area contributed by atoms with E-state index >= 15 is 0 Å². The Bertz CT molecular complexity index is 375. The summed E-state index contributed by atoms with van der Waals surface area (Å²) < 4.78 is 5.57. The van der Waals surface area contributed by atoms with Gasteiger partial charge in [-0.3, -0.25) is 0 Å². The molecule has 1 N–H and O–H groups in total. The molecule has 1 aliphatic rings. The van der Waals surface area contributed by atoms with E-state index < -0.39 is 0 Å². The molecule has 2 nitrogen and oxygen atoms in total. The van der Waals surface area contributed by atoms with Crippen LogP contribution in [0, 0.1) is 6.92 Å². The minimum Gasteiger partial charge on any atom is -0.382 e. The molecule has 2 atom stereocenters. The van der Waals surface area contributed by atoms with Gasteiger partial charge in [-0.05, 0) is 56.4 Å². The summed E-state index contributed by atoms with van der Waals surface area (Å²) in [6.07, 6.45) is 3.71. The minimum atomic E-state index is 0.386. The molecule has 0 saturated carbocycles. The summed E-state index contributed by atoms with van der Waals surface area (Å²) in [4.78, 5) is 0. The van der Waals surface area contributed by atoms with Crippen molar-refractivity contribution in [1.82, 2.24) is 0 Å². The summed E-state index contributed by atoms with van der Waals surface area (Å²) in [7, 11) is 0. The van der Waals surface area contributed by atoms with Crippen molar-refractivity contribution in [2.75, 3.05) is 11.9 Å². The molecule has 0 bridgehead atoms. The van der Waals surface area contributed by atoms with Crippen LogP contribution in [0.4, 0.5) is 5.69 Å². The molecule has 1 fully saturated rings. The highest BCUT2D eigenvalue weighted by molar-refractivity contribution is 5.49. The quantitative estimate of drug-likeness (QED) is 0.862. The first kappa shape index (κ1) is 12.4. The van der Waals surface area contributed by atoms with Crippen LogP contribution >= 0.6 is 0 Å². The lowest BCUT2D eigenvalue weighted by atomic mass is 10.0. The second-order valence-corrected chi connectivity index (χ2v) is 5.04. The van der Waals surface area contributed by atoms with Gasteiger partial charge in [-0.1, -0.05) is 13.0 Å². The van der Waals surface area contributed by atoms with Gasteiger partial charge in [0.1, 0.15) is 0 Å². The summed E-state index contributed by atoms with van der Waals surface area (Å²) in [5.41, 5.74) is 4.08. The van der Waals surface area contributed by atoms with Crippen molar-refractivity contribution < 1.29 is 4.74 Å². The van der Waals surface area contributed by atoms with Crippen molar-refractivity contribution in [3.63, 3.8) is 0 Å². The van der Waals surface area contributed by atoms with Gasteiger partial charge in [0, 0.05) is 18.3 Å². The molecule has 1 heterocycles. The van der Waals surface area contributed by atoms with Crippen LogP contribution in [0.1, 0.15) is 37.8 Å². The largest absolute Gasteiger partial charge is 0.382 e. The molecule has 17 heavy (non-hydrogen) atoms. The minimum absolute atomic E-state index is 0.386. The number of ether oxygens (including phenoxy) is 1. The monoisotopic (exact) mass is 233 g/mol. The van der Waals surface area contributed by atoms with Crippen LogP contribution in [0.25, 0.3) is 0 Å². The van der Waals surface area contributed by atoms with Crippen LogP contribution in [0.2, 0.25) is 0 Å². The van der Waals surface area contributed by atoms with E-state index in [1.807, 2.05) is 0 Å². The van der Waals surface area contributed by atoms with E-state index in [4.69, 9.17) is 4.74 Å². The zero-order valence-electron chi connectivity index (χ0n) is 11.1. The van der Waals surface area contributed by atoms with Gasteiger partial charge in [-0.25, -0.2) is 0 Å². The molecule has 94 valence electrons. The third-order valence-electron chi connectivity index (χ3n) is 3.58. The van der Waals surface area contributed by atoms with Crippen LogP contribution < -0.4 is 5.32 Å².